The van der Waals surface area contributed by atoms with E-state index in [0.717, 1.165) is 29.3 Å². The van der Waals surface area contributed by atoms with Gasteiger partial charge in [-0.3, -0.25) is 0 Å². The monoisotopic (exact) mass is 376 g/mol. The van der Waals surface area contributed by atoms with Crippen molar-refractivity contribution in [3.8, 4) is 0 Å². The molecular weight excluding hydrogens is 331 g/mol. The second-order valence-electron chi connectivity index (χ2n) is 9.31. The van der Waals surface area contributed by atoms with Crippen molar-refractivity contribution >= 4 is 13.5 Å². The van der Waals surface area contributed by atoms with Gasteiger partial charge >= 0.3 is 0 Å². The van der Waals surface area contributed by atoms with Crippen LogP contribution in [0.4, 0.5) is 0 Å². The molecule has 0 radical (unpaired) electrons. The molecule has 0 heterocycles. The summed E-state index contributed by atoms with van der Waals surface area (Å²) in [4.78, 5) is 0. The van der Waals surface area contributed by atoms with Crippen LogP contribution in [0.25, 0.3) is 0 Å². The Morgan fingerprint density at radius 1 is 1.12 bits per heavy atom. The Morgan fingerprint density at radius 2 is 1.81 bits per heavy atom. The maximum absolute atomic E-state index is 2.64. The first-order valence-electron chi connectivity index (χ1n) is 11.7. The summed E-state index contributed by atoms with van der Waals surface area (Å²) >= 11 is 0. The molecule has 0 aromatic carbocycles. The lowest BCUT2D eigenvalue weighted by atomic mass is 9.38. The average molecular weight is 377 g/mol. The van der Waals surface area contributed by atoms with Gasteiger partial charge in [0, 0.05) is 5.66 Å². The fraction of sp³-hybridized carbons (Fsp3) is 0.880. The van der Waals surface area contributed by atoms with Crippen LogP contribution in [0.5, 0.6) is 0 Å². The highest BCUT2D eigenvalue weighted by molar-refractivity contribution is 7.42. The van der Waals surface area contributed by atoms with Crippen molar-refractivity contribution in [1.82, 2.24) is 0 Å². The summed E-state index contributed by atoms with van der Waals surface area (Å²) in [5.41, 5.74) is 1.60. The summed E-state index contributed by atoms with van der Waals surface area (Å²) in [6.45, 7) is 14.3. The van der Waals surface area contributed by atoms with Crippen LogP contribution in [0, 0.1) is 29.1 Å². The van der Waals surface area contributed by atoms with E-state index in [-0.39, 0.29) is 0 Å². The molecular formula is C25H45P. The molecule has 2 aliphatic carbocycles. The van der Waals surface area contributed by atoms with Gasteiger partial charge in [-0.1, -0.05) is 99.9 Å². The molecule has 150 valence electrons. The fourth-order valence-corrected chi connectivity index (χ4v) is 8.25. The normalized spacial score (nSPS) is 34.0. The van der Waals surface area contributed by atoms with Crippen LogP contribution < -0.4 is 0 Å². The van der Waals surface area contributed by atoms with Crippen LogP contribution in [0.15, 0.2) is 12.2 Å². The third kappa shape index (κ3) is 4.66. The molecule has 5 unspecified atom stereocenters. The number of fused-ring (bicyclic) bond motifs is 1. The van der Waals surface area contributed by atoms with E-state index in [1.807, 2.05) is 0 Å². The van der Waals surface area contributed by atoms with Gasteiger partial charge in [0.25, 0.3) is 0 Å². The Morgan fingerprint density at radius 3 is 2.35 bits per heavy atom. The molecule has 0 aromatic rings. The first kappa shape index (κ1) is 22.2. The minimum atomic E-state index is 0.639. The highest BCUT2D eigenvalue weighted by Crippen LogP contribution is 2.70. The van der Waals surface area contributed by atoms with Crippen molar-refractivity contribution in [3.05, 3.63) is 12.2 Å². The minimum absolute atomic E-state index is 0.639. The van der Waals surface area contributed by atoms with E-state index >= 15 is 0 Å². The second kappa shape index (κ2) is 10.5. The largest absolute Gasteiger partial charge is 0.0973 e. The lowest BCUT2D eigenvalue weighted by Crippen LogP contribution is -2.65. The average Bonchev–Trinajstić information content (AvgIpc) is 2.61. The minimum Gasteiger partial charge on any atom is -0.0973 e. The van der Waals surface area contributed by atoms with Crippen LogP contribution in [0.2, 0.25) is 0 Å². The Balaban J connectivity index is 1.89. The first-order chi connectivity index (χ1) is 12.5. The molecule has 0 bridgehead atoms. The van der Waals surface area contributed by atoms with Crippen LogP contribution >= 0.6 is 8.20 Å². The number of rotatable bonds is 12. The standard InChI is InChI=1S/C25H45P/c1-7-13-19(14-8-2)16-12-17-22-21-18-23(24(21)25(22,6)11-5)26-20(10-4)15-9-3/h9,15,19,21-24H,7-8,10-14,16-18H2,1-6H3/b15-9+. The molecule has 2 fully saturated rings. The molecule has 0 aromatic heterocycles. The van der Waals surface area contributed by atoms with Gasteiger partial charge in [-0.15, -0.1) is 0 Å². The molecule has 2 rings (SSSR count). The Hall–Kier alpha value is -0.0900. The molecule has 0 amide bonds. The van der Waals surface area contributed by atoms with Crippen molar-refractivity contribution in [2.45, 2.75) is 111 Å². The summed E-state index contributed by atoms with van der Waals surface area (Å²) in [6.07, 6.45) is 18.9. The van der Waals surface area contributed by atoms with Crippen LogP contribution in [0.1, 0.15) is 106 Å². The molecule has 0 saturated heterocycles. The van der Waals surface area contributed by atoms with Crippen molar-refractivity contribution < 1.29 is 0 Å². The quantitative estimate of drug-likeness (QED) is 0.299. The Kier molecular flexibility index (Phi) is 8.93. The number of hydrogen-bond acceptors (Lipinski definition) is 0. The Labute approximate surface area is 166 Å². The van der Waals surface area contributed by atoms with Gasteiger partial charge in [-0.2, -0.15) is 0 Å². The zero-order valence-electron chi connectivity index (χ0n) is 18.6. The van der Waals surface area contributed by atoms with Crippen molar-refractivity contribution in [1.29, 1.82) is 0 Å². The molecule has 0 nitrogen and oxygen atoms in total. The van der Waals surface area contributed by atoms with Gasteiger partial charge in [-0.05, 0) is 60.6 Å². The molecule has 2 saturated carbocycles. The SMILES string of the molecule is C/C=C/C(CC)=PC1CC2C(CCCC(CCC)CCC)C(C)(CC)C12. The third-order valence-corrected chi connectivity index (χ3v) is 9.51. The predicted octanol–water partition coefficient (Wildman–Crippen LogP) is 8.53. The van der Waals surface area contributed by atoms with E-state index in [2.05, 4.69) is 53.7 Å². The van der Waals surface area contributed by atoms with Crippen LogP contribution in [-0.2, 0) is 0 Å². The van der Waals surface area contributed by atoms with Gasteiger partial charge in [0.2, 0.25) is 0 Å². The van der Waals surface area contributed by atoms with Gasteiger partial charge in [0.1, 0.15) is 0 Å². The van der Waals surface area contributed by atoms with E-state index < -0.39 is 0 Å². The molecule has 0 spiro atoms. The summed E-state index contributed by atoms with van der Waals surface area (Å²) in [5.74, 6) is 4.12. The van der Waals surface area contributed by atoms with E-state index in [1.54, 1.807) is 13.5 Å². The smallest absolute Gasteiger partial charge is 0.00505 e. The summed E-state index contributed by atoms with van der Waals surface area (Å²) in [7, 11) is 1.65. The lowest BCUT2D eigenvalue weighted by Gasteiger charge is -2.70. The number of allylic oxidation sites excluding steroid dienone is 2. The molecule has 0 aliphatic heterocycles. The van der Waals surface area contributed by atoms with E-state index in [0.29, 0.717) is 5.41 Å². The molecule has 26 heavy (non-hydrogen) atoms. The zero-order valence-corrected chi connectivity index (χ0v) is 19.5. The van der Waals surface area contributed by atoms with Gasteiger partial charge < -0.3 is 0 Å². The van der Waals surface area contributed by atoms with Crippen molar-refractivity contribution in [2.75, 3.05) is 0 Å². The van der Waals surface area contributed by atoms with Gasteiger partial charge in [0.05, 0.1) is 0 Å². The fourth-order valence-electron chi connectivity index (χ4n) is 6.33. The first-order valence-corrected chi connectivity index (χ1v) is 12.7. The molecule has 5 atom stereocenters. The molecule has 1 heteroatoms. The maximum Gasteiger partial charge on any atom is 0.00505 e. The Bertz CT molecular complexity index is 471. The topological polar surface area (TPSA) is 0 Å². The lowest BCUT2D eigenvalue weighted by molar-refractivity contribution is -0.176. The van der Waals surface area contributed by atoms with Crippen LogP contribution in [0.3, 0.4) is 0 Å². The van der Waals surface area contributed by atoms with Gasteiger partial charge in [-0.25, -0.2) is 0 Å². The van der Waals surface area contributed by atoms with Crippen molar-refractivity contribution in [3.63, 3.8) is 0 Å². The second-order valence-corrected chi connectivity index (χ2v) is 10.8. The highest BCUT2D eigenvalue weighted by atomic mass is 31.1. The van der Waals surface area contributed by atoms with Gasteiger partial charge in [0.15, 0.2) is 0 Å². The maximum atomic E-state index is 2.64. The summed E-state index contributed by atoms with van der Waals surface area (Å²) in [5, 5.41) is 1.65. The van der Waals surface area contributed by atoms with Crippen molar-refractivity contribution in [2.24, 2.45) is 29.1 Å². The predicted molar refractivity (Wildman–Crippen MR) is 121 cm³/mol. The summed E-state index contributed by atoms with van der Waals surface area (Å²) in [6, 6.07) is 0. The zero-order chi connectivity index (χ0) is 19.2. The van der Waals surface area contributed by atoms with Crippen LogP contribution in [-0.4, -0.2) is 11.0 Å². The highest BCUT2D eigenvalue weighted by Gasteiger charge is 2.65. The molecule has 0 N–H and O–H groups in total. The van der Waals surface area contributed by atoms with E-state index in [1.165, 1.54) is 64.2 Å². The molecule has 2 aliphatic rings. The van der Waals surface area contributed by atoms with E-state index in [4.69, 9.17) is 0 Å². The van der Waals surface area contributed by atoms with E-state index in [9.17, 15) is 0 Å². The summed E-state index contributed by atoms with van der Waals surface area (Å²) < 4.78 is 0. The third-order valence-electron chi connectivity index (χ3n) is 7.85. The number of hydrogen-bond donors (Lipinski definition) is 0.